The van der Waals surface area contributed by atoms with Crippen molar-refractivity contribution in [3.63, 3.8) is 0 Å². The maximum Gasteiger partial charge on any atom is 0.258 e. The largest absolute Gasteiger partial charge is 0.484 e. The minimum Gasteiger partial charge on any atom is -0.484 e. The van der Waals surface area contributed by atoms with E-state index in [2.05, 4.69) is 34.7 Å². The number of thiophene rings is 1. The number of benzene rings is 1. The molecule has 4 nitrogen and oxygen atoms in total. The monoisotopic (exact) mass is 372 g/mol. The number of nitrogens with zero attached hydrogens (tertiary/aromatic N) is 1. The van der Waals surface area contributed by atoms with Crippen LogP contribution in [0.2, 0.25) is 0 Å². The molecule has 1 N–H and O–H groups in total. The molecule has 0 bridgehead atoms. The van der Waals surface area contributed by atoms with Crippen LogP contribution < -0.4 is 10.1 Å². The fraction of sp³-hybridized carbons (Fsp3) is 0.476. The summed E-state index contributed by atoms with van der Waals surface area (Å²) in [7, 11) is 0. The molecule has 2 aromatic rings. The van der Waals surface area contributed by atoms with Gasteiger partial charge in [0.2, 0.25) is 0 Å². The van der Waals surface area contributed by atoms with Gasteiger partial charge < -0.3 is 10.1 Å². The number of carbonyl (C=O) groups excluding carboxylic acids is 1. The molecule has 1 aliphatic rings. The van der Waals surface area contributed by atoms with E-state index in [-0.39, 0.29) is 18.6 Å². The van der Waals surface area contributed by atoms with E-state index < -0.39 is 0 Å². The topological polar surface area (TPSA) is 41.6 Å². The number of likely N-dealkylation sites (tertiary alicyclic amines) is 1. The quantitative estimate of drug-likeness (QED) is 0.798. The first-order valence-corrected chi connectivity index (χ1v) is 10.2. The van der Waals surface area contributed by atoms with Crippen LogP contribution in [0.5, 0.6) is 5.75 Å². The maximum atomic E-state index is 12.3. The van der Waals surface area contributed by atoms with Crippen molar-refractivity contribution in [2.75, 3.05) is 26.2 Å². The van der Waals surface area contributed by atoms with Crippen molar-refractivity contribution in [3.05, 3.63) is 52.2 Å². The minimum atomic E-state index is -0.0693. The van der Waals surface area contributed by atoms with Crippen molar-refractivity contribution in [3.8, 4) is 5.75 Å². The van der Waals surface area contributed by atoms with Gasteiger partial charge in [-0.25, -0.2) is 0 Å². The van der Waals surface area contributed by atoms with Crippen LogP contribution in [0, 0.1) is 12.8 Å². The van der Waals surface area contributed by atoms with Gasteiger partial charge in [0.1, 0.15) is 5.75 Å². The van der Waals surface area contributed by atoms with Crippen LogP contribution in [0.3, 0.4) is 0 Å². The molecule has 26 heavy (non-hydrogen) atoms. The predicted octanol–water partition coefficient (Wildman–Crippen LogP) is 4.02. The summed E-state index contributed by atoms with van der Waals surface area (Å²) < 4.78 is 5.66. The Morgan fingerprint density at radius 1 is 1.27 bits per heavy atom. The highest BCUT2D eigenvalue weighted by Gasteiger charge is 2.25. The number of ether oxygens (including phenoxy) is 1. The zero-order valence-corrected chi connectivity index (χ0v) is 16.4. The van der Waals surface area contributed by atoms with Crippen molar-refractivity contribution in [1.29, 1.82) is 0 Å². The van der Waals surface area contributed by atoms with Crippen LogP contribution in [0.15, 0.2) is 41.8 Å². The lowest BCUT2D eigenvalue weighted by molar-refractivity contribution is -0.123. The SMILES string of the molecule is Cc1ccccc1OCC(=O)NCC(c1cccs1)N1CCC(C)CC1. The molecule has 1 atom stereocenters. The summed E-state index contributed by atoms with van der Waals surface area (Å²) in [5, 5.41) is 5.18. The number of para-hydroxylation sites is 1. The van der Waals surface area contributed by atoms with E-state index in [1.165, 1.54) is 17.7 Å². The smallest absolute Gasteiger partial charge is 0.258 e. The first kappa shape index (κ1) is 18.9. The molecular formula is C21H28N2O2S. The van der Waals surface area contributed by atoms with E-state index in [0.29, 0.717) is 6.54 Å². The number of rotatable bonds is 7. The Hall–Kier alpha value is -1.85. The van der Waals surface area contributed by atoms with Gasteiger partial charge in [-0.15, -0.1) is 11.3 Å². The van der Waals surface area contributed by atoms with Gasteiger partial charge in [-0.2, -0.15) is 0 Å². The van der Waals surface area contributed by atoms with Crippen molar-refractivity contribution in [1.82, 2.24) is 10.2 Å². The molecule has 0 radical (unpaired) electrons. The summed E-state index contributed by atoms with van der Waals surface area (Å²) in [6.07, 6.45) is 2.46. The fourth-order valence-electron chi connectivity index (χ4n) is 3.35. The summed E-state index contributed by atoms with van der Waals surface area (Å²) in [6.45, 7) is 7.18. The van der Waals surface area contributed by atoms with Crippen LogP contribution in [0.1, 0.15) is 36.2 Å². The van der Waals surface area contributed by atoms with Crippen LogP contribution in [-0.2, 0) is 4.79 Å². The Bertz CT molecular complexity index is 694. The Morgan fingerprint density at radius 3 is 2.73 bits per heavy atom. The summed E-state index contributed by atoms with van der Waals surface area (Å²) in [5.74, 6) is 1.50. The van der Waals surface area contributed by atoms with E-state index >= 15 is 0 Å². The summed E-state index contributed by atoms with van der Waals surface area (Å²) in [6, 6.07) is 12.3. The molecule has 140 valence electrons. The standard InChI is InChI=1S/C21H28N2O2S/c1-16-9-11-23(12-10-16)18(20-8-5-13-26-20)14-22-21(24)15-25-19-7-4-3-6-17(19)2/h3-8,13,16,18H,9-12,14-15H2,1-2H3,(H,22,24). The van der Waals surface area contributed by atoms with Crippen molar-refractivity contribution in [2.45, 2.75) is 32.7 Å². The average Bonchev–Trinajstić information content (AvgIpc) is 3.17. The Morgan fingerprint density at radius 2 is 2.04 bits per heavy atom. The van der Waals surface area contributed by atoms with Gasteiger partial charge in [0.05, 0.1) is 6.04 Å². The lowest BCUT2D eigenvalue weighted by Gasteiger charge is -2.36. The molecule has 1 saturated heterocycles. The first-order chi connectivity index (χ1) is 12.6. The molecule has 1 amide bonds. The highest BCUT2D eigenvalue weighted by molar-refractivity contribution is 7.10. The third-order valence-electron chi connectivity index (χ3n) is 5.08. The zero-order valence-electron chi connectivity index (χ0n) is 15.6. The molecular weight excluding hydrogens is 344 g/mol. The Balaban J connectivity index is 1.54. The molecule has 1 aromatic carbocycles. The number of nitrogens with one attached hydrogen (secondary N) is 1. The molecule has 5 heteroatoms. The van der Waals surface area contributed by atoms with Crippen LogP contribution in [0.4, 0.5) is 0 Å². The molecule has 2 heterocycles. The third kappa shape index (κ3) is 5.08. The van der Waals surface area contributed by atoms with Gasteiger partial charge in [0.15, 0.2) is 6.61 Å². The van der Waals surface area contributed by atoms with Gasteiger partial charge in [0.25, 0.3) is 5.91 Å². The van der Waals surface area contributed by atoms with E-state index in [1.54, 1.807) is 11.3 Å². The number of carbonyl (C=O) groups is 1. The third-order valence-corrected chi connectivity index (χ3v) is 6.05. The number of piperidine rings is 1. The Labute approximate surface area is 160 Å². The molecule has 0 saturated carbocycles. The first-order valence-electron chi connectivity index (χ1n) is 9.36. The molecule has 0 aliphatic carbocycles. The minimum absolute atomic E-state index is 0.0546. The van der Waals surface area contributed by atoms with Crippen molar-refractivity contribution in [2.24, 2.45) is 5.92 Å². The summed E-state index contributed by atoms with van der Waals surface area (Å²) in [5.41, 5.74) is 1.04. The maximum absolute atomic E-state index is 12.3. The highest BCUT2D eigenvalue weighted by atomic mass is 32.1. The van der Waals surface area contributed by atoms with Crippen LogP contribution >= 0.6 is 11.3 Å². The molecule has 1 aromatic heterocycles. The van der Waals surface area contributed by atoms with Crippen LogP contribution in [0.25, 0.3) is 0 Å². The number of aryl methyl sites for hydroxylation is 1. The summed E-state index contributed by atoms with van der Waals surface area (Å²) >= 11 is 1.77. The van der Waals surface area contributed by atoms with Gasteiger partial charge in [-0.3, -0.25) is 9.69 Å². The second-order valence-electron chi connectivity index (χ2n) is 7.11. The van der Waals surface area contributed by atoms with Crippen molar-refractivity contribution >= 4 is 17.2 Å². The lowest BCUT2D eigenvalue weighted by atomic mass is 9.97. The highest BCUT2D eigenvalue weighted by Crippen LogP contribution is 2.29. The van der Waals surface area contributed by atoms with Gasteiger partial charge in [0, 0.05) is 11.4 Å². The molecule has 1 fully saturated rings. The second-order valence-corrected chi connectivity index (χ2v) is 8.09. The number of amides is 1. The molecule has 1 unspecified atom stereocenters. The predicted molar refractivity (Wildman–Crippen MR) is 107 cm³/mol. The van der Waals surface area contributed by atoms with E-state index in [1.807, 2.05) is 31.2 Å². The average molecular weight is 373 g/mol. The molecule has 3 rings (SSSR count). The molecule has 0 spiro atoms. The van der Waals surface area contributed by atoms with Gasteiger partial charge >= 0.3 is 0 Å². The van der Waals surface area contributed by atoms with E-state index in [0.717, 1.165) is 30.3 Å². The second kappa shape index (κ2) is 9.19. The molecule has 1 aliphatic heterocycles. The van der Waals surface area contributed by atoms with Gasteiger partial charge in [-0.05, 0) is 61.8 Å². The van der Waals surface area contributed by atoms with E-state index in [9.17, 15) is 4.79 Å². The summed E-state index contributed by atoms with van der Waals surface area (Å²) in [4.78, 5) is 16.1. The van der Waals surface area contributed by atoms with Crippen LogP contribution in [-0.4, -0.2) is 37.0 Å². The fourth-order valence-corrected chi connectivity index (χ4v) is 4.21. The number of hydrogen-bond acceptors (Lipinski definition) is 4. The van der Waals surface area contributed by atoms with Crippen molar-refractivity contribution < 1.29 is 9.53 Å². The van der Waals surface area contributed by atoms with Gasteiger partial charge in [-0.1, -0.05) is 31.2 Å². The van der Waals surface area contributed by atoms with E-state index in [4.69, 9.17) is 4.74 Å². The Kier molecular flexibility index (Phi) is 6.69. The normalized spacial score (nSPS) is 17.0. The number of hydrogen-bond donors (Lipinski definition) is 1. The lowest BCUT2D eigenvalue weighted by Crippen LogP contribution is -2.42. The zero-order chi connectivity index (χ0) is 18.4.